The Morgan fingerprint density at radius 1 is 0.717 bits per heavy atom. The summed E-state index contributed by atoms with van der Waals surface area (Å²) in [7, 11) is 0. The minimum atomic E-state index is -0.121. The third kappa shape index (κ3) is 3.47. The average Bonchev–Trinajstić information content (AvgIpc) is 3.74. The van der Waals surface area contributed by atoms with Crippen LogP contribution in [-0.2, 0) is 5.41 Å². The highest BCUT2D eigenvalue weighted by Gasteiger charge is 2.39. The molecule has 2 aliphatic rings. The molecular formula is C43H31NOS. The van der Waals surface area contributed by atoms with E-state index in [1.165, 1.54) is 70.0 Å². The molecule has 0 fully saturated rings. The van der Waals surface area contributed by atoms with Crippen LogP contribution in [0.1, 0.15) is 37.8 Å². The molecule has 8 aromatic rings. The second-order valence-electron chi connectivity index (χ2n) is 13.2. The Balaban J connectivity index is 1.28. The number of hydrogen-bond donors (Lipinski definition) is 0. The van der Waals surface area contributed by atoms with Gasteiger partial charge in [-0.15, -0.1) is 11.3 Å². The molecule has 0 unspecified atom stereocenters. The molecule has 0 radical (unpaired) electrons. The van der Waals surface area contributed by atoms with E-state index < -0.39 is 0 Å². The molecule has 2 aliphatic carbocycles. The Morgan fingerprint density at radius 2 is 1.50 bits per heavy atom. The van der Waals surface area contributed by atoms with Gasteiger partial charge in [-0.1, -0.05) is 98.8 Å². The second kappa shape index (κ2) is 9.45. The number of nitrogens with zero attached hydrogens (tertiary/aromatic N) is 1. The first-order valence-electron chi connectivity index (χ1n) is 16.2. The van der Waals surface area contributed by atoms with Crippen LogP contribution in [0.2, 0.25) is 0 Å². The largest absolute Gasteiger partial charge is 0.455 e. The van der Waals surface area contributed by atoms with Crippen LogP contribution in [0.4, 0.5) is 11.4 Å². The maximum atomic E-state index is 7.05. The van der Waals surface area contributed by atoms with E-state index in [1.807, 2.05) is 11.3 Å². The summed E-state index contributed by atoms with van der Waals surface area (Å²) in [4.78, 5) is 2.47. The summed E-state index contributed by atoms with van der Waals surface area (Å²) < 4.78 is 9.68. The molecule has 0 saturated heterocycles. The van der Waals surface area contributed by atoms with Crippen LogP contribution in [0, 0.1) is 0 Å². The fourth-order valence-electron chi connectivity index (χ4n) is 8.30. The van der Waals surface area contributed by atoms with Gasteiger partial charge in [0.15, 0.2) is 0 Å². The Bertz CT molecular complexity index is 2630. The molecule has 6 aromatic carbocycles. The van der Waals surface area contributed by atoms with Crippen molar-refractivity contribution in [3.05, 3.63) is 144 Å². The van der Waals surface area contributed by atoms with E-state index in [1.54, 1.807) is 0 Å². The highest BCUT2D eigenvalue weighted by Crippen LogP contribution is 2.56. The van der Waals surface area contributed by atoms with Crippen LogP contribution >= 0.6 is 11.3 Å². The number of hydrogen-bond acceptors (Lipinski definition) is 3. The maximum Gasteiger partial charge on any atom is 0.144 e. The zero-order chi connectivity index (χ0) is 30.6. The van der Waals surface area contributed by atoms with Crippen LogP contribution in [0.3, 0.4) is 0 Å². The van der Waals surface area contributed by atoms with Crippen LogP contribution in [0.25, 0.3) is 64.0 Å². The quantitative estimate of drug-likeness (QED) is 0.198. The van der Waals surface area contributed by atoms with Gasteiger partial charge in [0.05, 0.1) is 5.69 Å². The third-order valence-electron chi connectivity index (χ3n) is 10.3. The van der Waals surface area contributed by atoms with Crippen molar-refractivity contribution in [1.82, 2.24) is 0 Å². The minimum Gasteiger partial charge on any atom is -0.455 e. The number of furan rings is 1. The van der Waals surface area contributed by atoms with E-state index in [-0.39, 0.29) is 5.41 Å². The first kappa shape index (κ1) is 26.1. The molecule has 0 aliphatic heterocycles. The van der Waals surface area contributed by atoms with Crippen molar-refractivity contribution < 1.29 is 4.42 Å². The van der Waals surface area contributed by atoms with Gasteiger partial charge in [-0.05, 0) is 76.7 Å². The average molecular weight is 610 g/mol. The van der Waals surface area contributed by atoms with E-state index in [2.05, 4.69) is 146 Å². The lowest BCUT2D eigenvalue weighted by Gasteiger charge is -2.29. The molecule has 0 N–H and O–H groups in total. The lowest BCUT2D eigenvalue weighted by atomic mass is 9.79. The molecule has 0 saturated carbocycles. The summed E-state index contributed by atoms with van der Waals surface area (Å²) in [6, 6.07) is 40.2. The summed E-state index contributed by atoms with van der Waals surface area (Å²) >= 11 is 1.87. The number of rotatable bonds is 3. The third-order valence-corrected chi connectivity index (χ3v) is 11.4. The zero-order valence-corrected chi connectivity index (χ0v) is 26.6. The predicted molar refractivity (Wildman–Crippen MR) is 197 cm³/mol. The van der Waals surface area contributed by atoms with E-state index in [0.29, 0.717) is 0 Å². The monoisotopic (exact) mass is 609 g/mol. The molecule has 10 rings (SSSR count). The summed E-state index contributed by atoms with van der Waals surface area (Å²) in [6.45, 7) is 4.71. The van der Waals surface area contributed by atoms with Gasteiger partial charge in [0.25, 0.3) is 0 Å². The van der Waals surface area contributed by atoms with Crippen LogP contribution < -0.4 is 4.90 Å². The topological polar surface area (TPSA) is 16.4 Å². The van der Waals surface area contributed by atoms with E-state index >= 15 is 0 Å². The smallest absolute Gasteiger partial charge is 0.144 e. The number of fused-ring (bicyclic) bond motifs is 13. The number of thiophene rings is 1. The number of anilines is 2. The Morgan fingerprint density at radius 3 is 2.37 bits per heavy atom. The van der Waals surface area contributed by atoms with Gasteiger partial charge in [-0.3, -0.25) is 0 Å². The van der Waals surface area contributed by atoms with Crippen molar-refractivity contribution in [2.75, 3.05) is 4.90 Å². The predicted octanol–water partition coefficient (Wildman–Crippen LogP) is 12.8. The van der Waals surface area contributed by atoms with Crippen molar-refractivity contribution in [3.8, 4) is 11.1 Å². The Labute approximate surface area is 271 Å². The number of allylic oxidation sites excluding steroid dienone is 4. The molecule has 0 spiro atoms. The van der Waals surface area contributed by atoms with Crippen molar-refractivity contribution in [1.29, 1.82) is 0 Å². The summed E-state index contributed by atoms with van der Waals surface area (Å²) in [6.07, 6.45) is 8.75. The van der Waals surface area contributed by atoms with Crippen LogP contribution in [-0.4, -0.2) is 0 Å². The highest BCUT2D eigenvalue weighted by atomic mass is 32.1. The Kier molecular flexibility index (Phi) is 5.37. The fourth-order valence-corrected chi connectivity index (χ4v) is 9.43. The van der Waals surface area contributed by atoms with Gasteiger partial charge in [0.1, 0.15) is 11.2 Å². The van der Waals surface area contributed by atoms with Gasteiger partial charge >= 0.3 is 0 Å². The molecule has 3 heteroatoms. The van der Waals surface area contributed by atoms with Gasteiger partial charge in [0, 0.05) is 59.4 Å². The summed E-state index contributed by atoms with van der Waals surface area (Å²) in [5.41, 5.74) is 10.7. The first-order chi connectivity index (χ1) is 22.6. The van der Waals surface area contributed by atoms with E-state index in [0.717, 1.165) is 35.1 Å². The minimum absolute atomic E-state index is 0.121. The summed E-state index contributed by atoms with van der Waals surface area (Å²) in [5, 5.41) is 7.57. The zero-order valence-electron chi connectivity index (χ0n) is 25.8. The maximum absolute atomic E-state index is 7.05. The molecule has 2 nitrogen and oxygen atoms in total. The van der Waals surface area contributed by atoms with Crippen LogP contribution in [0.15, 0.2) is 138 Å². The Hall–Kier alpha value is -5.12. The molecular weight excluding hydrogens is 579 g/mol. The number of benzene rings is 6. The molecule has 220 valence electrons. The van der Waals surface area contributed by atoms with Gasteiger partial charge in [-0.2, -0.15) is 0 Å². The molecule has 46 heavy (non-hydrogen) atoms. The van der Waals surface area contributed by atoms with E-state index in [4.69, 9.17) is 4.42 Å². The molecule has 0 amide bonds. The van der Waals surface area contributed by atoms with Crippen molar-refractivity contribution >= 4 is 75.6 Å². The van der Waals surface area contributed by atoms with Gasteiger partial charge in [-0.25, -0.2) is 0 Å². The normalized spacial score (nSPS) is 15.2. The summed E-state index contributed by atoms with van der Waals surface area (Å²) in [5.74, 6) is 0. The van der Waals surface area contributed by atoms with Gasteiger partial charge < -0.3 is 9.32 Å². The molecule has 0 bridgehead atoms. The van der Waals surface area contributed by atoms with E-state index in [9.17, 15) is 0 Å². The highest BCUT2D eigenvalue weighted by molar-refractivity contribution is 7.26. The van der Waals surface area contributed by atoms with Gasteiger partial charge in [0.2, 0.25) is 0 Å². The van der Waals surface area contributed by atoms with Crippen molar-refractivity contribution in [2.24, 2.45) is 0 Å². The van der Waals surface area contributed by atoms with Crippen molar-refractivity contribution in [3.63, 3.8) is 0 Å². The second-order valence-corrected chi connectivity index (χ2v) is 14.2. The lowest BCUT2D eigenvalue weighted by molar-refractivity contribution is 0.657. The molecule has 2 aromatic heterocycles. The lowest BCUT2D eigenvalue weighted by Crippen LogP contribution is -2.17. The first-order valence-corrected chi connectivity index (χ1v) is 17.0. The molecule has 2 heterocycles. The molecule has 0 atom stereocenters. The SMILES string of the molecule is CC1(C)c2ccccc2-c2c1c1ccccc1c1c2oc2cc(N(C3=CC=CCC3)c3cccc4sc5ccccc5c34)ccc21. The fraction of sp³-hybridized carbons (Fsp3) is 0.116. The standard InChI is InChI=1S/C43H31NOS/c1-43(2)33-19-10-8-17-30(33)40-41(43)29-16-7-6-15-28(29)38-31-24-23-27(25-35(31)45-42(38)40)44(26-13-4-3-5-14-26)34-20-12-22-37-39(34)32-18-9-11-21-36(32)46-37/h3-4,6-13,15-25H,5,14H2,1-2H3. The van der Waals surface area contributed by atoms with Crippen molar-refractivity contribution in [2.45, 2.75) is 32.1 Å². The van der Waals surface area contributed by atoms with Crippen LogP contribution in [0.5, 0.6) is 0 Å².